The zero-order valence-corrected chi connectivity index (χ0v) is 15.4. The van der Waals surface area contributed by atoms with Crippen molar-refractivity contribution in [1.82, 2.24) is 19.9 Å². The fraction of sp³-hybridized carbons (Fsp3) is 0.500. The van der Waals surface area contributed by atoms with Crippen molar-refractivity contribution in [2.75, 3.05) is 26.3 Å². The van der Waals surface area contributed by atoms with E-state index in [-0.39, 0.29) is 24.5 Å². The molecule has 1 aromatic carbocycles. The molecule has 2 aromatic rings. The van der Waals surface area contributed by atoms with Crippen LogP contribution in [-0.4, -0.2) is 58.2 Å². The van der Waals surface area contributed by atoms with Crippen molar-refractivity contribution in [2.45, 2.75) is 31.6 Å². The number of carbonyl (C=O) groups excluding carboxylic acids is 1. The summed E-state index contributed by atoms with van der Waals surface area (Å²) in [4.78, 5) is 14.8. The van der Waals surface area contributed by atoms with Gasteiger partial charge in [0, 0.05) is 24.2 Å². The van der Waals surface area contributed by atoms with Gasteiger partial charge in [-0.2, -0.15) is 0 Å². The molecule has 0 radical (unpaired) electrons. The maximum Gasteiger partial charge on any atom is 0.227 e. The first-order valence-corrected chi connectivity index (χ1v) is 9.43. The summed E-state index contributed by atoms with van der Waals surface area (Å²) < 4.78 is 18.9. The van der Waals surface area contributed by atoms with Gasteiger partial charge in [-0.25, -0.2) is 4.68 Å². The first kappa shape index (κ1) is 16.8. The lowest BCUT2D eigenvalue weighted by molar-refractivity contribution is -0.137. The molecule has 0 bridgehead atoms. The maximum atomic E-state index is 12.9. The van der Waals surface area contributed by atoms with Gasteiger partial charge in [-0.15, -0.1) is 5.10 Å². The van der Waals surface area contributed by atoms with E-state index in [9.17, 15) is 4.79 Å². The van der Waals surface area contributed by atoms with E-state index in [4.69, 9.17) is 25.8 Å². The Labute approximate surface area is 160 Å². The Kier molecular flexibility index (Phi) is 4.17. The van der Waals surface area contributed by atoms with Gasteiger partial charge in [0.2, 0.25) is 5.91 Å². The minimum atomic E-state index is 0.00434. The van der Waals surface area contributed by atoms with E-state index in [1.807, 2.05) is 9.58 Å². The Balaban J connectivity index is 1.32. The van der Waals surface area contributed by atoms with Crippen LogP contribution in [0.25, 0.3) is 0 Å². The molecule has 27 heavy (non-hydrogen) atoms. The van der Waals surface area contributed by atoms with Crippen molar-refractivity contribution in [3.63, 3.8) is 0 Å². The van der Waals surface area contributed by atoms with Crippen LogP contribution in [0.3, 0.4) is 0 Å². The molecule has 0 saturated carbocycles. The standard InChI is InChI=1S/C18H19ClN4O4/c19-13-7-17-16(25-3-4-26-17)5-11(13)6-18(24)22-2-1-15-14(9-22)23-12(10-27-15)8-20-21-23/h5,7-8,14-15H,1-4,6,9-10H2/t14-,15-/m0/s1. The van der Waals surface area contributed by atoms with E-state index in [0.717, 1.165) is 17.7 Å². The molecule has 3 aliphatic rings. The van der Waals surface area contributed by atoms with Crippen LogP contribution in [0.5, 0.6) is 11.5 Å². The van der Waals surface area contributed by atoms with E-state index >= 15 is 0 Å². The van der Waals surface area contributed by atoms with Crippen molar-refractivity contribution in [2.24, 2.45) is 0 Å². The molecule has 142 valence electrons. The molecule has 9 heteroatoms. The van der Waals surface area contributed by atoms with E-state index in [1.165, 1.54) is 0 Å². The molecular formula is C18H19ClN4O4. The van der Waals surface area contributed by atoms with Crippen LogP contribution >= 0.6 is 11.6 Å². The van der Waals surface area contributed by atoms with Crippen molar-refractivity contribution in [3.8, 4) is 11.5 Å². The van der Waals surface area contributed by atoms with Crippen LogP contribution in [0.2, 0.25) is 5.02 Å². The maximum absolute atomic E-state index is 12.9. The fourth-order valence-corrected chi connectivity index (χ4v) is 4.14. The largest absolute Gasteiger partial charge is 0.486 e. The molecule has 1 aromatic heterocycles. The van der Waals surface area contributed by atoms with E-state index in [2.05, 4.69) is 10.3 Å². The van der Waals surface area contributed by atoms with E-state index < -0.39 is 0 Å². The van der Waals surface area contributed by atoms with Gasteiger partial charge in [-0.1, -0.05) is 16.8 Å². The fourth-order valence-electron chi connectivity index (χ4n) is 3.92. The summed E-state index contributed by atoms with van der Waals surface area (Å²) in [5, 5.41) is 8.67. The van der Waals surface area contributed by atoms with Crippen molar-refractivity contribution in [3.05, 3.63) is 34.6 Å². The monoisotopic (exact) mass is 390 g/mol. The summed E-state index contributed by atoms with van der Waals surface area (Å²) in [7, 11) is 0. The highest BCUT2D eigenvalue weighted by Crippen LogP contribution is 2.36. The highest BCUT2D eigenvalue weighted by atomic mass is 35.5. The third-order valence-corrected chi connectivity index (χ3v) is 5.69. The average molecular weight is 391 g/mol. The minimum Gasteiger partial charge on any atom is -0.486 e. The van der Waals surface area contributed by atoms with Crippen molar-refractivity contribution in [1.29, 1.82) is 0 Å². The smallest absolute Gasteiger partial charge is 0.227 e. The molecule has 5 rings (SSSR count). The second-order valence-corrected chi connectivity index (χ2v) is 7.39. The number of halogens is 1. The van der Waals surface area contributed by atoms with Crippen LogP contribution in [0.1, 0.15) is 23.7 Å². The zero-order valence-electron chi connectivity index (χ0n) is 14.6. The second-order valence-electron chi connectivity index (χ2n) is 6.98. The van der Waals surface area contributed by atoms with Crippen LogP contribution in [-0.2, 0) is 22.6 Å². The molecular weight excluding hydrogens is 372 g/mol. The van der Waals surface area contributed by atoms with Crippen LogP contribution in [0.15, 0.2) is 18.3 Å². The summed E-state index contributed by atoms with van der Waals surface area (Å²) in [6.07, 6.45) is 2.79. The van der Waals surface area contributed by atoms with Gasteiger partial charge in [0.05, 0.1) is 37.1 Å². The number of fused-ring (bicyclic) bond motifs is 4. The number of likely N-dealkylation sites (tertiary alicyclic amines) is 1. The first-order valence-electron chi connectivity index (χ1n) is 9.05. The number of benzene rings is 1. The van der Waals surface area contributed by atoms with Gasteiger partial charge < -0.3 is 19.1 Å². The molecule has 4 heterocycles. The lowest BCUT2D eigenvalue weighted by Crippen LogP contribution is -2.50. The third-order valence-electron chi connectivity index (χ3n) is 5.33. The Morgan fingerprint density at radius 1 is 1.26 bits per heavy atom. The summed E-state index contributed by atoms with van der Waals surface area (Å²) in [5.74, 6) is 1.29. The molecule has 0 N–H and O–H groups in total. The Hall–Kier alpha value is -2.32. The number of aromatic nitrogens is 3. The molecule has 3 aliphatic heterocycles. The molecule has 0 unspecified atom stereocenters. The molecule has 1 amide bonds. The third kappa shape index (κ3) is 3.02. The number of piperidine rings is 1. The van der Waals surface area contributed by atoms with Crippen molar-refractivity contribution < 1.29 is 19.0 Å². The Morgan fingerprint density at radius 3 is 2.93 bits per heavy atom. The van der Waals surface area contributed by atoms with E-state index in [1.54, 1.807) is 18.3 Å². The second kappa shape index (κ2) is 6.69. The van der Waals surface area contributed by atoms with Gasteiger partial charge in [0.15, 0.2) is 11.5 Å². The first-order chi connectivity index (χ1) is 13.2. The number of nitrogens with zero attached hydrogens (tertiary/aromatic N) is 4. The molecule has 0 spiro atoms. The number of hydrogen-bond donors (Lipinski definition) is 0. The van der Waals surface area contributed by atoms with Crippen molar-refractivity contribution >= 4 is 17.5 Å². The minimum absolute atomic E-state index is 0.00434. The zero-order chi connectivity index (χ0) is 18.4. The van der Waals surface area contributed by atoms with Gasteiger partial charge >= 0.3 is 0 Å². The topological polar surface area (TPSA) is 78.7 Å². The van der Waals surface area contributed by atoms with Crippen LogP contribution < -0.4 is 9.47 Å². The summed E-state index contributed by atoms with van der Waals surface area (Å²) >= 11 is 6.36. The summed E-state index contributed by atoms with van der Waals surface area (Å²) in [6.45, 7) is 2.74. The molecule has 8 nitrogen and oxygen atoms in total. The number of amides is 1. The van der Waals surface area contributed by atoms with Crippen LogP contribution in [0.4, 0.5) is 0 Å². The highest BCUT2D eigenvalue weighted by molar-refractivity contribution is 6.31. The molecule has 0 aliphatic carbocycles. The number of ether oxygens (including phenoxy) is 3. The van der Waals surface area contributed by atoms with Gasteiger partial charge in [-0.05, 0) is 18.1 Å². The average Bonchev–Trinajstić information content (AvgIpc) is 3.17. The van der Waals surface area contributed by atoms with Gasteiger partial charge in [0.25, 0.3) is 0 Å². The number of hydrogen-bond acceptors (Lipinski definition) is 6. The summed E-state index contributed by atoms with van der Waals surface area (Å²) in [6, 6.07) is 3.53. The SMILES string of the molecule is O=C(Cc1cc2c(cc1Cl)OCCO2)N1CC[C@@H]2OCc3cnnn3[C@H]2C1. The molecule has 1 fully saturated rings. The predicted octanol–water partition coefficient (Wildman–Crippen LogP) is 1.62. The van der Waals surface area contributed by atoms with E-state index in [0.29, 0.717) is 49.4 Å². The quantitative estimate of drug-likeness (QED) is 0.775. The Bertz CT molecular complexity index is 886. The summed E-state index contributed by atoms with van der Waals surface area (Å²) in [5.41, 5.74) is 1.69. The highest BCUT2D eigenvalue weighted by Gasteiger charge is 2.37. The molecule has 2 atom stereocenters. The van der Waals surface area contributed by atoms with Gasteiger partial charge in [0.1, 0.15) is 13.2 Å². The van der Waals surface area contributed by atoms with Gasteiger partial charge in [-0.3, -0.25) is 4.79 Å². The lowest BCUT2D eigenvalue weighted by Gasteiger charge is -2.41. The van der Waals surface area contributed by atoms with Crippen LogP contribution in [0, 0.1) is 0 Å². The predicted molar refractivity (Wildman–Crippen MR) is 95.0 cm³/mol. The number of rotatable bonds is 2. The lowest BCUT2D eigenvalue weighted by atomic mass is 9.99. The Morgan fingerprint density at radius 2 is 2.07 bits per heavy atom. The number of carbonyl (C=O) groups is 1. The molecule has 1 saturated heterocycles. The normalized spacial score (nSPS) is 23.5.